The minimum atomic E-state index is -4.22. The molecule has 3 aromatic carbocycles. The van der Waals surface area contributed by atoms with Crippen molar-refractivity contribution in [1.82, 2.24) is 0 Å². The van der Waals surface area contributed by atoms with Crippen LogP contribution in [-0.4, -0.2) is 18.8 Å². The molecule has 0 aliphatic heterocycles. The first kappa shape index (κ1) is 29.3. The van der Waals surface area contributed by atoms with Crippen LogP contribution in [0.5, 0.6) is 11.5 Å². The van der Waals surface area contributed by atoms with E-state index in [1.807, 2.05) is 0 Å². The lowest BCUT2D eigenvalue weighted by molar-refractivity contribution is -0.185. The van der Waals surface area contributed by atoms with Gasteiger partial charge in [-0.3, -0.25) is 0 Å². The quantitative estimate of drug-likeness (QED) is 0.0842. The Bertz CT molecular complexity index is 1240. The zero-order chi connectivity index (χ0) is 28.5. The predicted octanol–water partition coefficient (Wildman–Crippen LogP) is 6.85. The molecule has 0 saturated heterocycles. The number of halogens is 5. The number of esters is 1. The molecule has 0 spiro atoms. The molecule has 0 aliphatic rings. The van der Waals surface area contributed by atoms with Gasteiger partial charge in [-0.2, -0.15) is 22.0 Å². The fourth-order valence-electron chi connectivity index (χ4n) is 3.41. The predicted molar refractivity (Wildman–Crippen MR) is 137 cm³/mol. The van der Waals surface area contributed by atoms with E-state index in [0.29, 0.717) is 22.5 Å². The van der Waals surface area contributed by atoms with Gasteiger partial charge in [0.25, 0.3) is 0 Å². The first-order valence-corrected chi connectivity index (χ1v) is 11.9. The highest BCUT2D eigenvalue weighted by Gasteiger charge is 2.34. The van der Waals surface area contributed by atoms with E-state index < -0.39 is 30.2 Å². The number of carbonyl (C=O) groups is 1. The van der Waals surface area contributed by atoms with Crippen LogP contribution in [0.4, 0.5) is 33.3 Å². The van der Waals surface area contributed by atoms with Gasteiger partial charge in [0, 0.05) is 23.9 Å². The molecule has 208 valence electrons. The Morgan fingerprint density at radius 1 is 0.821 bits per heavy atom. The highest BCUT2D eigenvalue weighted by atomic mass is 19.4. The monoisotopic (exact) mass is 550 g/mol. The van der Waals surface area contributed by atoms with Crippen molar-refractivity contribution in [2.45, 2.75) is 38.2 Å². The Labute approximate surface area is 222 Å². The summed E-state index contributed by atoms with van der Waals surface area (Å²) in [5, 5.41) is 0. The van der Waals surface area contributed by atoms with Crippen molar-refractivity contribution < 1.29 is 41.0 Å². The van der Waals surface area contributed by atoms with Crippen LogP contribution in [0.3, 0.4) is 0 Å². The van der Waals surface area contributed by atoms with E-state index in [-0.39, 0.29) is 37.6 Å². The van der Waals surface area contributed by atoms with Crippen LogP contribution < -0.4 is 20.9 Å². The summed E-state index contributed by atoms with van der Waals surface area (Å²) < 4.78 is 80.9. The standard InChI is InChI=1S/C28H27F5N2O4/c29-27(30,31)13-1-2-14-37-24-10-6-21(7-11-24)28(32,33)39-25-8-3-19(4-9-25)5-12-26(36)38-18-20-15-22(34)17-23(35)16-20/h3-12,15-17H,1-2,13-14,18,34-35H2/b12-5+. The summed E-state index contributed by atoms with van der Waals surface area (Å²) >= 11 is 0. The number of anilines is 2. The molecule has 0 radical (unpaired) electrons. The number of carbonyl (C=O) groups excluding carboxylic acids is 1. The second-order valence-corrected chi connectivity index (χ2v) is 8.58. The molecule has 0 bridgehead atoms. The Morgan fingerprint density at radius 3 is 2.05 bits per heavy atom. The molecular weight excluding hydrogens is 523 g/mol. The van der Waals surface area contributed by atoms with Gasteiger partial charge in [0.2, 0.25) is 0 Å². The summed E-state index contributed by atoms with van der Waals surface area (Å²) in [5.74, 6) is -0.464. The zero-order valence-corrected chi connectivity index (χ0v) is 20.7. The van der Waals surface area contributed by atoms with Crippen molar-refractivity contribution in [3.63, 3.8) is 0 Å². The van der Waals surface area contributed by atoms with Crippen molar-refractivity contribution in [2.75, 3.05) is 18.1 Å². The zero-order valence-electron chi connectivity index (χ0n) is 20.7. The Hall–Kier alpha value is -4.28. The lowest BCUT2D eigenvalue weighted by Crippen LogP contribution is -2.21. The van der Waals surface area contributed by atoms with E-state index >= 15 is 0 Å². The summed E-state index contributed by atoms with van der Waals surface area (Å²) in [7, 11) is 0. The van der Waals surface area contributed by atoms with E-state index in [1.165, 1.54) is 48.6 Å². The molecule has 39 heavy (non-hydrogen) atoms. The van der Waals surface area contributed by atoms with Gasteiger partial charge in [-0.15, -0.1) is 0 Å². The van der Waals surface area contributed by atoms with E-state index in [1.54, 1.807) is 18.2 Å². The molecule has 0 heterocycles. The maximum atomic E-state index is 14.6. The molecule has 3 rings (SSSR count). The fourth-order valence-corrected chi connectivity index (χ4v) is 3.41. The molecule has 11 heteroatoms. The van der Waals surface area contributed by atoms with Crippen molar-refractivity contribution in [3.05, 3.63) is 89.5 Å². The normalized spacial score (nSPS) is 11.9. The third kappa shape index (κ3) is 10.2. The number of nitrogens with two attached hydrogens (primary N) is 2. The van der Waals surface area contributed by atoms with Crippen molar-refractivity contribution in [3.8, 4) is 11.5 Å². The van der Waals surface area contributed by atoms with E-state index in [0.717, 1.165) is 12.1 Å². The van der Waals surface area contributed by atoms with Crippen LogP contribution >= 0.6 is 0 Å². The lowest BCUT2D eigenvalue weighted by atomic mass is 10.2. The van der Waals surface area contributed by atoms with E-state index in [2.05, 4.69) is 0 Å². The molecule has 0 amide bonds. The second kappa shape index (κ2) is 13.0. The fraction of sp³-hybridized carbons (Fsp3) is 0.250. The average molecular weight is 551 g/mol. The number of benzene rings is 3. The molecule has 0 fully saturated rings. The SMILES string of the molecule is Nc1cc(N)cc(COC(=O)/C=C/c2ccc(OC(F)(F)c3ccc(OCCCCC(F)(F)F)cc3)cc2)c1. The van der Waals surface area contributed by atoms with Gasteiger partial charge in [0.05, 0.1) is 12.2 Å². The molecule has 6 nitrogen and oxygen atoms in total. The van der Waals surface area contributed by atoms with Crippen LogP contribution in [0.2, 0.25) is 0 Å². The van der Waals surface area contributed by atoms with E-state index in [9.17, 15) is 26.7 Å². The van der Waals surface area contributed by atoms with Gasteiger partial charge in [-0.05, 0) is 84.6 Å². The minimum Gasteiger partial charge on any atom is -0.494 e. The molecular formula is C28H27F5N2O4. The average Bonchev–Trinajstić information content (AvgIpc) is 2.86. The van der Waals surface area contributed by atoms with Gasteiger partial charge in [0.15, 0.2) is 0 Å². The second-order valence-electron chi connectivity index (χ2n) is 8.58. The van der Waals surface area contributed by atoms with Crippen LogP contribution in [0.1, 0.15) is 36.0 Å². The lowest BCUT2D eigenvalue weighted by Gasteiger charge is -2.18. The van der Waals surface area contributed by atoms with Gasteiger partial charge in [-0.1, -0.05) is 12.1 Å². The third-order valence-corrected chi connectivity index (χ3v) is 5.27. The number of unbranched alkanes of at least 4 members (excludes halogenated alkanes) is 1. The van der Waals surface area contributed by atoms with Crippen LogP contribution in [0, 0.1) is 0 Å². The Kier molecular flexibility index (Phi) is 9.75. The minimum absolute atomic E-state index is 0.0185. The van der Waals surface area contributed by atoms with E-state index in [4.69, 9.17) is 25.7 Å². The van der Waals surface area contributed by atoms with Crippen molar-refractivity contribution in [2.24, 2.45) is 0 Å². The van der Waals surface area contributed by atoms with Crippen molar-refractivity contribution in [1.29, 1.82) is 0 Å². The van der Waals surface area contributed by atoms with Gasteiger partial charge in [-0.25, -0.2) is 4.79 Å². The first-order chi connectivity index (χ1) is 18.4. The first-order valence-electron chi connectivity index (χ1n) is 11.9. The molecule has 0 unspecified atom stereocenters. The molecule has 0 atom stereocenters. The summed E-state index contributed by atoms with van der Waals surface area (Å²) in [5.41, 5.74) is 13.1. The Balaban J connectivity index is 1.47. The summed E-state index contributed by atoms with van der Waals surface area (Å²) in [6.07, 6.45) is -6.01. The van der Waals surface area contributed by atoms with Gasteiger partial charge >= 0.3 is 18.3 Å². The Morgan fingerprint density at radius 2 is 1.44 bits per heavy atom. The summed E-state index contributed by atoms with van der Waals surface area (Å²) in [6.45, 7) is 0.0213. The number of ether oxygens (including phenoxy) is 3. The highest BCUT2D eigenvalue weighted by Crippen LogP contribution is 2.33. The van der Waals surface area contributed by atoms with Gasteiger partial charge in [0.1, 0.15) is 18.1 Å². The number of nitrogen functional groups attached to an aromatic ring is 2. The molecule has 0 aromatic heterocycles. The number of rotatable bonds is 12. The number of hydrogen-bond donors (Lipinski definition) is 2. The summed E-state index contributed by atoms with van der Waals surface area (Å²) in [4.78, 5) is 12.0. The smallest absolute Gasteiger partial charge is 0.426 e. The molecule has 0 saturated carbocycles. The van der Waals surface area contributed by atoms with Gasteiger partial charge < -0.3 is 25.7 Å². The van der Waals surface area contributed by atoms with Crippen LogP contribution in [0.25, 0.3) is 6.08 Å². The topological polar surface area (TPSA) is 96.8 Å². The molecule has 4 N–H and O–H groups in total. The molecule has 0 aliphatic carbocycles. The van der Waals surface area contributed by atoms with Crippen LogP contribution in [-0.2, 0) is 22.2 Å². The third-order valence-electron chi connectivity index (χ3n) is 5.27. The summed E-state index contributed by atoms with van der Waals surface area (Å²) in [6, 6.07) is 15.3. The van der Waals surface area contributed by atoms with Crippen LogP contribution in [0.15, 0.2) is 72.8 Å². The highest BCUT2D eigenvalue weighted by molar-refractivity contribution is 5.87. The molecule has 3 aromatic rings. The maximum Gasteiger partial charge on any atom is 0.426 e. The maximum absolute atomic E-state index is 14.6. The largest absolute Gasteiger partial charge is 0.494 e. The number of alkyl halides is 5. The number of hydrogen-bond acceptors (Lipinski definition) is 6. The van der Waals surface area contributed by atoms with Crippen molar-refractivity contribution >= 4 is 23.4 Å².